The summed E-state index contributed by atoms with van der Waals surface area (Å²) in [5, 5.41) is 16.1. The van der Waals surface area contributed by atoms with Crippen LogP contribution in [0.5, 0.6) is 5.75 Å². The summed E-state index contributed by atoms with van der Waals surface area (Å²) in [6.07, 6.45) is 5.46. The van der Waals surface area contributed by atoms with Crippen LogP contribution in [0.4, 0.5) is 11.4 Å². The lowest BCUT2D eigenvalue weighted by Crippen LogP contribution is -2.54. The molecule has 0 saturated carbocycles. The quantitative estimate of drug-likeness (QED) is 0.122. The smallest absolute Gasteiger partial charge is 0.262 e. The summed E-state index contributed by atoms with van der Waals surface area (Å²) in [4.78, 5) is 56.5. The summed E-state index contributed by atoms with van der Waals surface area (Å²) >= 11 is 0. The molecule has 3 fully saturated rings. The third-order valence-electron chi connectivity index (χ3n) is 12.0. The summed E-state index contributed by atoms with van der Waals surface area (Å²) < 4.78 is 0. The van der Waals surface area contributed by atoms with E-state index in [0.717, 1.165) is 86.5 Å². The second-order valence-electron chi connectivity index (χ2n) is 15.5. The molecular formula is C46H49N5O5. The molecule has 56 heavy (non-hydrogen) atoms. The van der Waals surface area contributed by atoms with Crippen LogP contribution in [0.1, 0.15) is 89.3 Å². The summed E-state index contributed by atoms with van der Waals surface area (Å²) in [6.45, 7) is 6.85. The lowest BCUT2D eigenvalue weighted by atomic mass is 9.88. The lowest BCUT2D eigenvalue weighted by Gasteiger charge is -2.37. The number of hydrogen-bond acceptors (Lipinski definition) is 8. The Morgan fingerprint density at radius 1 is 0.732 bits per heavy atom. The van der Waals surface area contributed by atoms with Crippen molar-refractivity contribution in [2.24, 2.45) is 5.92 Å². The van der Waals surface area contributed by atoms with E-state index in [0.29, 0.717) is 23.1 Å². The van der Waals surface area contributed by atoms with Crippen LogP contribution in [0.15, 0.2) is 97.1 Å². The van der Waals surface area contributed by atoms with Gasteiger partial charge in [-0.05, 0) is 121 Å². The number of nitrogens with zero attached hydrogens (tertiary/aromatic N) is 3. The highest BCUT2D eigenvalue weighted by atomic mass is 16.3. The Morgan fingerprint density at radius 2 is 1.41 bits per heavy atom. The van der Waals surface area contributed by atoms with Crippen LogP contribution in [0.2, 0.25) is 0 Å². The molecule has 10 nitrogen and oxygen atoms in total. The molecule has 4 aliphatic heterocycles. The maximum Gasteiger partial charge on any atom is 0.262 e. The normalized spacial score (nSPS) is 20.9. The second-order valence-corrected chi connectivity index (χ2v) is 15.5. The first-order chi connectivity index (χ1) is 27.3. The molecule has 0 aliphatic carbocycles. The van der Waals surface area contributed by atoms with E-state index in [9.17, 15) is 24.3 Å². The predicted molar refractivity (Wildman–Crippen MR) is 218 cm³/mol. The first-order valence-corrected chi connectivity index (χ1v) is 20.0. The standard InChI is InChI=1S/C46H49N5O5/c1-2-38(31-7-4-3-5-8-31)43(33-12-17-37(52)18-13-33)32-10-14-35(15-11-32)49-25-22-30(23-26-49)28-47-34-9-6-24-50(29-34)36-16-19-39-40(27-36)46(56)51(45(39)55)41-20-21-42(53)48-44(41)54/h3-5,7-8,10-19,27,30,34,41,47,52H,2,6,9,20-26,28-29H2,1H3,(H,48,53,54). The molecule has 288 valence electrons. The molecule has 0 radical (unpaired) electrons. The van der Waals surface area contributed by atoms with Crippen molar-refractivity contribution in [3.8, 4) is 5.75 Å². The van der Waals surface area contributed by atoms with Crippen LogP contribution in [-0.2, 0) is 9.59 Å². The van der Waals surface area contributed by atoms with Gasteiger partial charge in [0.15, 0.2) is 0 Å². The van der Waals surface area contributed by atoms with E-state index < -0.39 is 23.8 Å². The maximum atomic E-state index is 13.4. The molecule has 10 heteroatoms. The van der Waals surface area contributed by atoms with Crippen LogP contribution in [-0.4, -0.2) is 78.4 Å². The molecule has 0 bridgehead atoms. The van der Waals surface area contributed by atoms with Gasteiger partial charge >= 0.3 is 0 Å². The first-order valence-electron chi connectivity index (χ1n) is 20.0. The first kappa shape index (κ1) is 37.2. The van der Waals surface area contributed by atoms with E-state index in [2.05, 4.69) is 75.9 Å². The molecule has 3 N–H and O–H groups in total. The van der Waals surface area contributed by atoms with Gasteiger partial charge in [0.05, 0.1) is 11.1 Å². The lowest BCUT2D eigenvalue weighted by molar-refractivity contribution is -0.136. The largest absolute Gasteiger partial charge is 0.508 e. The van der Waals surface area contributed by atoms with Crippen molar-refractivity contribution < 1.29 is 24.3 Å². The fourth-order valence-corrected chi connectivity index (χ4v) is 8.91. The molecule has 3 saturated heterocycles. The summed E-state index contributed by atoms with van der Waals surface area (Å²) in [7, 11) is 0. The maximum absolute atomic E-state index is 13.4. The zero-order chi connectivity index (χ0) is 38.8. The molecule has 0 spiro atoms. The monoisotopic (exact) mass is 751 g/mol. The molecule has 8 rings (SSSR count). The molecule has 4 aromatic carbocycles. The Bertz CT molecular complexity index is 2140. The Morgan fingerprint density at radius 3 is 2.11 bits per heavy atom. The number of nitrogens with one attached hydrogen (secondary N) is 2. The number of phenols is 1. The number of fused-ring (bicyclic) bond motifs is 1. The summed E-state index contributed by atoms with van der Waals surface area (Å²) in [5.74, 6) is -1.08. The number of allylic oxidation sites excluding steroid dienone is 1. The summed E-state index contributed by atoms with van der Waals surface area (Å²) in [6, 6.07) is 31.8. The van der Waals surface area contributed by atoms with Gasteiger partial charge in [-0.25, -0.2) is 0 Å². The molecule has 4 aromatic rings. The van der Waals surface area contributed by atoms with Gasteiger partial charge in [-0.15, -0.1) is 0 Å². The second kappa shape index (κ2) is 16.2. The highest BCUT2D eigenvalue weighted by Gasteiger charge is 2.45. The van der Waals surface area contributed by atoms with Gasteiger partial charge in [-0.2, -0.15) is 0 Å². The number of hydrogen-bond donors (Lipinski definition) is 3. The van der Waals surface area contributed by atoms with Crippen LogP contribution < -0.4 is 20.4 Å². The van der Waals surface area contributed by atoms with Crippen LogP contribution in [0, 0.1) is 5.92 Å². The molecule has 2 atom stereocenters. The number of carbonyl (C=O) groups is 4. The van der Waals surface area contributed by atoms with Crippen molar-refractivity contribution in [1.29, 1.82) is 0 Å². The van der Waals surface area contributed by atoms with Crippen molar-refractivity contribution in [3.63, 3.8) is 0 Å². The fourth-order valence-electron chi connectivity index (χ4n) is 8.91. The number of aromatic hydroxyl groups is 1. The van der Waals surface area contributed by atoms with E-state index in [4.69, 9.17) is 0 Å². The van der Waals surface area contributed by atoms with Crippen molar-refractivity contribution in [1.82, 2.24) is 15.5 Å². The number of phenolic OH excluding ortho intramolecular Hbond substituents is 1. The Hall–Kier alpha value is -5.74. The van der Waals surface area contributed by atoms with E-state index in [1.165, 1.54) is 22.4 Å². The Kier molecular flexibility index (Phi) is 10.7. The fraction of sp³-hybridized carbons (Fsp3) is 0.348. The van der Waals surface area contributed by atoms with E-state index >= 15 is 0 Å². The van der Waals surface area contributed by atoms with Gasteiger partial charge < -0.3 is 20.2 Å². The molecule has 4 heterocycles. The SMILES string of the molecule is CCC(=C(c1ccc(O)cc1)c1ccc(N2CCC(CNC3CCCN(c4ccc5c(c4)C(=O)N(C4CCC(=O)NC4=O)C5=O)C3)CC2)cc1)c1ccccc1. The Balaban J connectivity index is 0.867. The summed E-state index contributed by atoms with van der Waals surface area (Å²) in [5.41, 5.74) is 8.68. The van der Waals surface area contributed by atoms with Crippen LogP contribution >= 0.6 is 0 Å². The van der Waals surface area contributed by atoms with Crippen molar-refractivity contribution >= 4 is 46.1 Å². The average Bonchev–Trinajstić information content (AvgIpc) is 3.48. The number of benzene rings is 4. The van der Waals surface area contributed by atoms with Gasteiger partial charge in [0.1, 0.15) is 11.8 Å². The van der Waals surface area contributed by atoms with Gasteiger partial charge in [0.2, 0.25) is 11.8 Å². The third kappa shape index (κ3) is 7.58. The Labute approximate surface area is 328 Å². The van der Waals surface area contributed by atoms with Crippen LogP contribution in [0.3, 0.4) is 0 Å². The number of piperidine rings is 3. The van der Waals surface area contributed by atoms with Gasteiger partial charge in [-0.3, -0.25) is 29.4 Å². The highest BCUT2D eigenvalue weighted by Crippen LogP contribution is 2.37. The molecule has 0 aromatic heterocycles. The minimum Gasteiger partial charge on any atom is -0.508 e. The van der Waals surface area contributed by atoms with E-state index in [1.54, 1.807) is 24.3 Å². The predicted octanol–water partition coefficient (Wildman–Crippen LogP) is 6.64. The topological polar surface area (TPSA) is 122 Å². The number of rotatable bonds is 10. The average molecular weight is 752 g/mol. The molecule has 4 aliphatic rings. The highest BCUT2D eigenvalue weighted by molar-refractivity contribution is 6.23. The molecule has 2 unspecified atom stereocenters. The third-order valence-corrected chi connectivity index (χ3v) is 12.0. The number of anilines is 2. The molecular weight excluding hydrogens is 703 g/mol. The van der Waals surface area contributed by atoms with Crippen LogP contribution in [0.25, 0.3) is 11.1 Å². The number of carbonyl (C=O) groups excluding carboxylic acids is 4. The zero-order valence-electron chi connectivity index (χ0n) is 31.9. The number of imide groups is 2. The molecule has 4 amide bonds. The van der Waals surface area contributed by atoms with Gasteiger partial charge in [0, 0.05) is 50.0 Å². The minimum absolute atomic E-state index is 0.0996. The van der Waals surface area contributed by atoms with E-state index in [1.807, 2.05) is 24.3 Å². The van der Waals surface area contributed by atoms with Crippen molar-refractivity contribution in [3.05, 3.63) is 125 Å². The van der Waals surface area contributed by atoms with Crippen molar-refractivity contribution in [2.45, 2.75) is 64.0 Å². The zero-order valence-corrected chi connectivity index (χ0v) is 31.9. The minimum atomic E-state index is -0.966. The van der Waals surface area contributed by atoms with Gasteiger partial charge in [0.25, 0.3) is 11.8 Å². The number of amides is 4. The van der Waals surface area contributed by atoms with E-state index in [-0.39, 0.29) is 24.5 Å². The van der Waals surface area contributed by atoms with Gasteiger partial charge in [-0.1, -0.05) is 61.5 Å². The van der Waals surface area contributed by atoms with Crippen molar-refractivity contribution in [2.75, 3.05) is 42.5 Å².